The summed E-state index contributed by atoms with van der Waals surface area (Å²) < 4.78 is 5.04. The third-order valence-corrected chi connectivity index (χ3v) is 1.57. The second-order valence-electron chi connectivity index (χ2n) is 2.31. The Morgan fingerprint density at radius 3 is 3.18 bits per heavy atom. The fraction of sp³-hybridized carbons (Fsp3) is 0.111. The van der Waals surface area contributed by atoms with Crippen LogP contribution in [0.15, 0.2) is 36.7 Å². The molecule has 0 aliphatic carbocycles. The maximum atomic E-state index is 5.04. The van der Waals surface area contributed by atoms with E-state index in [4.69, 9.17) is 4.74 Å². The van der Waals surface area contributed by atoms with Crippen LogP contribution in [0.3, 0.4) is 0 Å². The third kappa shape index (κ3) is 1.19. The molecule has 0 N–H and O–H groups in total. The van der Waals surface area contributed by atoms with Gasteiger partial charge < -0.3 is 9.64 Å². The first-order valence-corrected chi connectivity index (χ1v) is 3.48. The molecule has 0 unspecified atom stereocenters. The fourth-order valence-electron chi connectivity index (χ4n) is 1.01. The van der Waals surface area contributed by atoms with Crippen molar-refractivity contribution < 1.29 is 4.74 Å². The van der Waals surface area contributed by atoms with Gasteiger partial charge in [0.25, 0.3) is 0 Å². The maximum Gasteiger partial charge on any atom is 0.164 e. The molecule has 0 spiro atoms. The van der Waals surface area contributed by atoms with Crippen LogP contribution in [0, 0.1) is 6.07 Å². The standard InChI is InChI=1S/C9H8NO/c1-2-4-9(5-3-1)10-6-7-11-8-10/h1-2,4-7H,8H2. The third-order valence-electron chi connectivity index (χ3n) is 1.57. The molecule has 0 saturated carbocycles. The summed E-state index contributed by atoms with van der Waals surface area (Å²) in [5.41, 5.74) is 1.11. The van der Waals surface area contributed by atoms with E-state index in [9.17, 15) is 0 Å². The smallest absolute Gasteiger partial charge is 0.164 e. The molecule has 0 saturated heterocycles. The van der Waals surface area contributed by atoms with E-state index in [1.807, 2.05) is 35.4 Å². The number of ether oxygens (including phenoxy) is 1. The van der Waals surface area contributed by atoms with Gasteiger partial charge in [0.15, 0.2) is 6.73 Å². The molecule has 0 aromatic heterocycles. The van der Waals surface area contributed by atoms with Gasteiger partial charge in [-0.25, -0.2) is 0 Å². The average Bonchev–Trinajstić information content (AvgIpc) is 2.58. The summed E-state index contributed by atoms with van der Waals surface area (Å²) in [6.45, 7) is 0.609. The van der Waals surface area contributed by atoms with Crippen molar-refractivity contribution in [2.45, 2.75) is 0 Å². The quantitative estimate of drug-likeness (QED) is 0.598. The molecular weight excluding hydrogens is 138 g/mol. The van der Waals surface area contributed by atoms with Crippen molar-refractivity contribution >= 4 is 5.69 Å². The normalized spacial score (nSPS) is 15.1. The van der Waals surface area contributed by atoms with Crippen LogP contribution in [-0.4, -0.2) is 6.73 Å². The molecule has 1 radical (unpaired) electrons. The summed E-state index contributed by atoms with van der Waals surface area (Å²) in [6, 6.07) is 10.8. The van der Waals surface area contributed by atoms with Crippen LogP contribution in [-0.2, 0) is 4.74 Å². The summed E-state index contributed by atoms with van der Waals surface area (Å²) in [5.74, 6) is 0. The highest BCUT2D eigenvalue weighted by Crippen LogP contribution is 2.15. The monoisotopic (exact) mass is 146 g/mol. The number of anilines is 1. The molecule has 0 fully saturated rings. The lowest BCUT2D eigenvalue weighted by atomic mass is 10.3. The Hall–Kier alpha value is -1.44. The van der Waals surface area contributed by atoms with Gasteiger partial charge in [0.2, 0.25) is 0 Å². The predicted octanol–water partition coefficient (Wildman–Crippen LogP) is 1.75. The van der Waals surface area contributed by atoms with Crippen LogP contribution in [0.2, 0.25) is 0 Å². The van der Waals surface area contributed by atoms with Crippen molar-refractivity contribution in [3.63, 3.8) is 0 Å². The zero-order valence-corrected chi connectivity index (χ0v) is 6.03. The molecule has 0 atom stereocenters. The first-order chi connectivity index (χ1) is 5.47. The van der Waals surface area contributed by atoms with Crippen molar-refractivity contribution in [3.8, 4) is 0 Å². The second-order valence-corrected chi connectivity index (χ2v) is 2.31. The fourth-order valence-corrected chi connectivity index (χ4v) is 1.01. The van der Waals surface area contributed by atoms with Crippen LogP contribution in [0.4, 0.5) is 5.69 Å². The van der Waals surface area contributed by atoms with Crippen molar-refractivity contribution in [2.75, 3.05) is 11.6 Å². The van der Waals surface area contributed by atoms with Crippen LogP contribution in [0.5, 0.6) is 0 Å². The van der Waals surface area contributed by atoms with Gasteiger partial charge >= 0.3 is 0 Å². The number of rotatable bonds is 1. The van der Waals surface area contributed by atoms with E-state index in [1.165, 1.54) is 0 Å². The molecule has 0 bridgehead atoms. The van der Waals surface area contributed by atoms with Crippen molar-refractivity contribution in [1.29, 1.82) is 0 Å². The highest BCUT2D eigenvalue weighted by molar-refractivity contribution is 5.48. The maximum absolute atomic E-state index is 5.04. The van der Waals surface area contributed by atoms with Gasteiger partial charge in [-0.05, 0) is 18.2 Å². The van der Waals surface area contributed by atoms with Crippen LogP contribution < -0.4 is 4.90 Å². The first-order valence-electron chi connectivity index (χ1n) is 3.48. The summed E-state index contributed by atoms with van der Waals surface area (Å²) >= 11 is 0. The Kier molecular flexibility index (Phi) is 1.52. The SMILES string of the molecule is [c]1cccc(N2C=COC2)c1. The van der Waals surface area contributed by atoms with E-state index in [1.54, 1.807) is 6.26 Å². The van der Waals surface area contributed by atoms with Gasteiger partial charge in [-0.2, -0.15) is 0 Å². The predicted molar refractivity (Wildman–Crippen MR) is 42.8 cm³/mol. The first kappa shape index (κ1) is 6.28. The minimum atomic E-state index is 0.609. The van der Waals surface area contributed by atoms with E-state index in [2.05, 4.69) is 6.07 Å². The number of hydrogen-bond acceptors (Lipinski definition) is 2. The van der Waals surface area contributed by atoms with E-state index in [0.717, 1.165) is 5.69 Å². The molecule has 1 aromatic carbocycles. The lowest BCUT2D eigenvalue weighted by Crippen LogP contribution is -2.12. The van der Waals surface area contributed by atoms with Crippen molar-refractivity contribution in [2.24, 2.45) is 0 Å². The van der Waals surface area contributed by atoms with Gasteiger partial charge in [0, 0.05) is 11.9 Å². The van der Waals surface area contributed by atoms with E-state index >= 15 is 0 Å². The molecule has 2 nitrogen and oxygen atoms in total. The highest BCUT2D eigenvalue weighted by Gasteiger charge is 2.05. The van der Waals surface area contributed by atoms with Gasteiger partial charge in [-0.1, -0.05) is 12.1 Å². The molecule has 1 aliphatic heterocycles. The lowest BCUT2D eigenvalue weighted by molar-refractivity contribution is 0.282. The van der Waals surface area contributed by atoms with Crippen molar-refractivity contribution in [1.82, 2.24) is 0 Å². The van der Waals surface area contributed by atoms with Gasteiger partial charge in [-0.15, -0.1) is 0 Å². The van der Waals surface area contributed by atoms with E-state index in [-0.39, 0.29) is 0 Å². The molecule has 11 heavy (non-hydrogen) atoms. The minimum absolute atomic E-state index is 0.609. The van der Waals surface area contributed by atoms with E-state index in [0.29, 0.717) is 6.73 Å². The van der Waals surface area contributed by atoms with Gasteiger partial charge in [0.05, 0.1) is 0 Å². The second kappa shape index (κ2) is 2.66. The molecule has 1 aromatic rings. The Bertz CT molecular complexity index is 256. The van der Waals surface area contributed by atoms with Gasteiger partial charge in [0.1, 0.15) is 6.26 Å². The van der Waals surface area contributed by atoms with Crippen LogP contribution >= 0.6 is 0 Å². The molecule has 55 valence electrons. The molecule has 1 aliphatic rings. The zero-order chi connectivity index (χ0) is 7.52. The highest BCUT2D eigenvalue weighted by atomic mass is 16.5. The number of nitrogens with zero attached hydrogens (tertiary/aromatic N) is 1. The lowest BCUT2D eigenvalue weighted by Gasteiger charge is -2.12. The minimum Gasteiger partial charge on any atom is -0.479 e. The molecule has 0 amide bonds. The Morgan fingerprint density at radius 1 is 1.55 bits per heavy atom. The molecule has 2 rings (SSSR count). The summed E-state index contributed by atoms with van der Waals surface area (Å²) in [7, 11) is 0. The summed E-state index contributed by atoms with van der Waals surface area (Å²) in [6.07, 6.45) is 3.59. The molecule has 1 heterocycles. The Balaban J connectivity index is 2.23. The average molecular weight is 146 g/mol. The Morgan fingerprint density at radius 2 is 2.55 bits per heavy atom. The molecular formula is C9H8NO. The number of benzene rings is 1. The van der Waals surface area contributed by atoms with Crippen LogP contribution in [0.25, 0.3) is 0 Å². The Labute approximate surface area is 65.7 Å². The topological polar surface area (TPSA) is 12.5 Å². The zero-order valence-electron chi connectivity index (χ0n) is 6.03. The van der Waals surface area contributed by atoms with E-state index < -0.39 is 0 Å². The summed E-state index contributed by atoms with van der Waals surface area (Å²) in [5, 5.41) is 0. The van der Waals surface area contributed by atoms with Crippen LogP contribution in [0.1, 0.15) is 0 Å². The molecule has 2 heteroatoms. The summed E-state index contributed by atoms with van der Waals surface area (Å²) in [4.78, 5) is 2.01. The largest absolute Gasteiger partial charge is 0.479 e. The number of hydrogen-bond donors (Lipinski definition) is 0. The van der Waals surface area contributed by atoms with Gasteiger partial charge in [-0.3, -0.25) is 0 Å². The van der Waals surface area contributed by atoms with Crippen molar-refractivity contribution in [3.05, 3.63) is 42.8 Å².